The summed E-state index contributed by atoms with van der Waals surface area (Å²) in [6, 6.07) is 18.4. The summed E-state index contributed by atoms with van der Waals surface area (Å²) in [4.78, 5) is 13.0. The lowest BCUT2D eigenvalue weighted by atomic mass is 10.2. The summed E-state index contributed by atoms with van der Waals surface area (Å²) in [6.07, 6.45) is 1.47. The molecule has 3 aromatic rings. The minimum absolute atomic E-state index is 0.267. The van der Waals surface area contributed by atoms with Crippen molar-refractivity contribution in [3.63, 3.8) is 0 Å². The molecule has 1 N–H and O–H groups in total. The maximum atomic E-state index is 12.0. The zero-order valence-corrected chi connectivity index (χ0v) is 16.5. The maximum absolute atomic E-state index is 12.0. The number of hydrogen-bond donors (Lipinski definition) is 1. The highest BCUT2D eigenvalue weighted by Gasteiger charge is 2.05. The van der Waals surface area contributed by atoms with Crippen LogP contribution in [0.25, 0.3) is 0 Å². The third-order valence-electron chi connectivity index (χ3n) is 3.08. The first-order chi connectivity index (χ1) is 12.1. The minimum Gasteiger partial charge on any atom is -0.448 e. The molecule has 0 unspecified atom stereocenters. The maximum Gasteiger partial charge on any atom is 0.271 e. The second-order valence-electron chi connectivity index (χ2n) is 4.92. The Morgan fingerprint density at radius 3 is 2.72 bits per heavy atom. The summed E-state index contributed by atoms with van der Waals surface area (Å²) in [6.45, 7) is 0. The van der Waals surface area contributed by atoms with Crippen LogP contribution in [0.2, 0.25) is 5.02 Å². The Balaban J connectivity index is 1.58. The van der Waals surface area contributed by atoms with Gasteiger partial charge >= 0.3 is 0 Å². The predicted octanol–water partition coefficient (Wildman–Crippen LogP) is 5.45. The van der Waals surface area contributed by atoms with E-state index in [-0.39, 0.29) is 5.91 Å². The first kappa shape index (κ1) is 18.0. The SMILES string of the molecule is O=C(N/N=C\c1ccc(Sc2ccc(Cl)cc2)o1)c1cccc(I)c1. The predicted molar refractivity (Wildman–Crippen MR) is 109 cm³/mol. The number of benzene rings is 2. The first-order valence-corrected chi connectivity index (χ1v) is 9.50. The van der Waals surface area contributed by atoms with E-state index < -0.39 is 0 Å². The molecule has 2 aromatic carbocycles. The van der Waals surface area contributed by atoms with Gasteiger partial charge in [-0.1, -0.05) is 29.4 Å². The molecule has 4 nitrogen and oxygen atoms in total. The number of rotatable bonds is 5. The second kappa shape index (κ2) is 8.55. The molecule has 1 aromatic heterocycles. The molecule has 0 aliphatic rings. The number of nitrogens with zero attached hydrogens (tertiary/aromatic N) is 1. The van der Waals surface area contributed by atoms with E-state index in [1.165, 1.54) is 18.0 Å². The Labute approximate surface area is 167 Å². The molecule has 0 aliphatic carbocycles. The quantitative estimate of drug-likeness (QED) is 0.299. The van der Waals surface area contributed by atoms with Gasteiger partial charge in [0.05, 0.1) is 6.21 Å². The van der Waals surface area contributed by atoms with E-state index in [0.717, 1.165) is 13.6 Å². The molecular weight excluding hydrogens is 471 g/mol. The van der Waals surface area contributed by atoms with Crippen LogP contribution in [0.4, 0.5) is 0 Å². The Morgan fingerprint density at radius 1 is 1.16 bits per heavy atom. The number of amides is 1. The fourth-order valence-corrected chi connectivity index (χ4v) is 3.37. The zero-order valence-electron chi connectivity index (χ0n) is 12.8. The van der Waals surface area contributed by atoms with Crippen molar-refractivity contribution < 1.29 is 9.21 Å². The average Bonchev–Trinajstić information content (AvgIpc) is 3.04. The number of carbonyl (C=O) groups excluding carboxylic acids is 1. The molecule has 0 saturated carbocycles. The van der Waals surface area contributed by atoms with Crippen LogP contribution in [0.15, 0.2) is 80.2 Å². The van der Waals surface area contributed by atoms with Crippen LogP contribution in [0.1, 0.15) is 16.1 Å². The highest BCUT2D eigenvalue weighted by Crippen LogP contribution is 2.29. The largest absolute Gasteiger partial charge is 0.448 e. The van der Waals surface area contributed by atoms with Crippen molar-refractivity contribution >= 4 is 58.1 Å². The lowest BCUT2D eigenvalue weighted by molar-refractivity contribution is 0.0955. The van der Waals surface area contributed by atoms with E-state index in [2.05, 4.69) is 33.1 Å². The second-order valence-corrected chi connectivity index (χ2v) is 7.68. The lowest BCUT2D eigenvalue weighted by Crippen LogP contribution is -2.17. The van der Waals surface area contributed by atoms with Gasteiger partial charge in [-0.05, 0) is 77.2 Å². The Hall–Kier alpha value is -1.77. The molecule has 1 amide bonds. The van der Waals surface area contributed by atoms with Crippen molar-refractivity contribution in [3.05, 3.63) is 80.6 Å². The van der Waals surface area contributed by atoms with Crippen LogP contribution < -0.4 is 5.43 Å². The van der Waals surface area contributed by atoms with E-state index in [1.807, 2.05) is 42.5 Å². The molecule has 0 radical (unpaired) electrons. The fraction of sp³-hybridized carbons (Fsp3) is 0. The third-order valence-corrected chi connectivity index (χ3v) is 4.93. The van der Waals surface area contributed by atoms with E-state index >= 15 is 0 Å². The van der Waals surface area contributed by atoms with E-state index in [4.69, 9.17) is 16.0 Å². The Kier molecular flexibility index (Phi) is 6.17. The normalized spacial score (nSPS) is 11.0. The summed E-state index contributed by atoms with van der Waals surface area (Å²) < 4.78 is 6.64. The lowest BCUT2D eigenvalue weighted by Gasteiger charge is -1.99. The van der Waals surface area contributed by atoms with Crippen molar-refractivity contribution in [1.82, 2.24) is 5.43 Å². The molecule has 7 heteroatoms. The van der Waals surface area contributed by atoms with Crippen molar-refractivity contribution in [2.75, 3.05) is 0 Å². The Bertz CT molecular complexity index is 909. The summed E-state index contributed by atoms with van der Waals surface area (Å²) in [5.74, 6) is 0.288. The third kappa shape index (κ3) is 5.35. The van der Waals surface area contributed by atoms with Gasteiger partial charge in [0.15, 0.2) is 5.09 Å². The minimum atomic E-state index is -0.267. The number of hydrazone groups is 1. The van der Waals surface area contributed by atoms with Crippen LogP contribution in [-0.4, -0.2) is 12.1 Å². The van der Waals surface area contributed by atoms with Gasteiger partial charge in [0.25, 0.3) is 5.91 Å². The molecular formula is C18H12ClIN2O2S. The fourth-order valence-electron chi connectivity index (χ4n) is 1.93. The van der Waals surface area contributed by atoms with Crippen LogP contribution in [0.3, 0.4) is 0 Å². The standard InChI is InChI=1S/C18H12ClIN2O2S/c19-13-4-7-16(8-5-13)25-17-9-6-15(24-17)11-21-22-18(23)12-2-1-3-14(20)10-12/h1-11H,(H,22,23)/b21-11-. The van der Waals surface area contributed by atoms with Crippen molar-refractivity contribution in [2.45, 2.75) is 9.99 Å². The number of halogens is 2. The number of carbonyl (C=O) groups is 1. The molecule has 126 valence electrons. The van der Waals surface area contributed by atoms with Gasteiger partial charge in [-0.2, -0.15) is 5.10 Å². The summed E-state index contributed by atoms with van der Waals surface area (Å²) in [5.41, 5.74) is 3.04. The van der Waals surface area contributed by atoms with E-state index in [1.54, 1.807) is 18.2 Å². The topological polar surface area (TPSA) is 54.6 Å². The van der Waals surface area contributed by atoms with E-state index in [0.29, 0.717) is 16.3 Å². The molecule has 1 heterocycles. The molecule has 0 fully saturated rings. The highest BCUT2D eigenvalue weighted by atomic mass is 127. The van der Waals surface area contributed by atoms with Crippen molar-refractivity contribution in [3.8, 4) is 0 Å². The summed E-state index contributed by atoms with van der Waals surface area (Å²) in [5, 5.41) is 5.36. The monoisotopic (exact) mass is 482 g/mol. The zero-order chi connectivity index (χ0) is 17.6. The number of furan rings is 1. The highest BCUT2D eigenvalue weighted by molar-refractivity contribution is 14.1. The number of nitrogens with one attached hydrogen (secondary N) is 1. The van der Waals surface area contributed by atoms with Crippen LogP contribution in [0.5, 0.6) is 0 Å². The van der Waals surface area contributed by atoms with E-state index in [9.17, 15) is 4.79 Å². The van der Waals surface area contributed by atoms with Crippen molar-refractivity contribution in [2.24, 2.45) is 5.10 Å². The van der Waals surface area contributed by atoms with Gasteiger partial charge < -0.3 is 4.42 Å². The number of hydrogen-bond acceptors (Lipinski definition) is 4. The molecule has 0 atom stereocenters. The molecule has 25 heavy (non-hydrogen) atoms. The summed E-state index contributed by atoms with van der Waals surface area (Å²) >= 11 is 9.51. The Morgan fingerprint density at radius 2 is 1.96 bits per heavy atom. The average molecular weight is 483 g/mol. The van der Waals surface area contributed by atoms with Gasteiger partial charge in [0.1, 0.15) is 5.76 Å². The van der Waals surface area contributed by atoms with Crippen LogP contribution >= 0.6 is 46.0 Å². The smallest absolute Gasteiger partial charge is 0.271 e. The van der Waals surface area contributed by atoms with Gasteiger partial charge in [0, 0.05) is 19.1 Å². The van der Waals surface area contributed by atoms with Gasteiger partial charge in [0.2, 0.25) is 0 Å². The molecule has 0 spiro atoms. The van der Waals surface area contributed by atoms with Gasteiger partial charge in [-0.15, -0.1) is 0 Å². The van der Waals surface area contributed by atoms with Crippen LogP contribution in [0, 0.1) is 3.57 Å². The first-order valence-electron chi connectivity index (χ1n) is 7.22. The summed E-state index contributed by atoms with van der Waals surface area (Å²) in [7, 11) is 0. The van der Waals surface area contributed by atoms with Crippen LogP contribution in [-0.2, 0) is 0 Å². The van der Waals surface area contributed by atoms with Gasteiger partial charge in [-0.25, -0.2) is 5.43 Å². The van der Waals surface area contributed by atoms with Gasteiger partial charge in [-0.3, -0.25) is 4.79 Å². The molecule has 0 aliphatic heterocycles. The molecule has 3 rings (SSSR count). The molecule has 0 bridgehead atoms. The van der Waals surface area contributed by atoms with Crippen molar-refractivity contribution in [1.29, 1.82) is 0 Å². The molecule has 0 saturated heterocycles.